The highest BCUT2D eigenvalue weighted by Gasteiger charge is 2.70. The van der Waals surface area contributed by atoms with E-state index in [2.05, 4.69) is 54.2 Å². The number of carbonyl (C=O) groups is 1. The molecule has 38 heavy (non-hydrogen) atoms. The Bertz CT molecular complexity index is 1010. The summed E-state index contributed by atoms with van der Waals surface area (Å²) in [6.07, 6.45) is 13.8. The van der Waals surface area contributed by atoms with Crippen LogP contribution in [0.5, 0.6) is 0 Å². The molecule has 0 saturated heterocycles. The van der Waals surface area contributed by atoms with Crippen LogP contribution in [-0.2, 0) is 14.3 Å². The minimum Gasteiger partial charge on any atom is -0.469 e. The van der Waals surface area contributed by atoms with E-state index in [1.807, 2.05) is 13.0 Å². The number of ether oxygens (including phenoxy) is 2. The van der Waals surface area contributed by atoms with Gasteiger partial charge in [-0.3, -0.25) is 4.79 Å². The molecule has 1 N–H and O–H groups in total. The van der Waals surface area contributed by atoms with Crippen molar-refractivity contribution in [2.45, 2.75) is 118 Å². The number of carbonyl (C=O) groups excluding carboxylic acids is 1. The molecule has 0 aromatic carbocycles. The second kappa shape index (κ2) is 8.93. The maximum atomic E-state index is 13.2. The molecule has 10 atom stereocenters. The lowest BCUT2D eigenvalue weighted by Crippen LogP contribution is -2.66. The second-order valence-corrected chi connectivity index (χ2v) is 15.9. The van der Waals surface area contributed by atoms with Gasteiger partial charge < -0.3 is 14.6 Å². The van der Waals surface area contributed by atoms with Gasteiger partial charge in [0.15, 0.2) is 0 Å². The zero-order valence-electron chi connectivity index (χ0n) is 25.5. The zero-order chi connectivity index (χ0) is 27.9. The fraction of sp³-hybridized carbons (Fsp3) is 0.853. The molecule has 214 valence electrons. The number of fused-ring (bicyclic) bond motifs is 7. The van der Waals surface area contributed by atoms with Gasteiger partial charge in [-0.1, -0.05) is 59.3 Å². The Morgan fingerprint density at radius 1 is 1.00 bits per heavy atom. The zero-order valence-corrected chi connectivity index (χ0v) is 25.5. The van der Waals surface area contributed by atoms with Crippen molar-refractivity contribution in [2.24, 2.45) is 50.2 Å². The predicted octanol–water partition coefficient (Wildman–Crippen LogP) is 7.50. The molecule has 4 fully saturated rings. The van der Waals surface area contributed by atoms with Crippen LogP contribution in [0.3, 0.4) is 0 Å². The van der Waals surface area contributed by atoms with Crippen molar-refractivity contribution in [1.82, 2.24) is 0 Å². The Hall–Kier alpha value is -1.13. The molecule has 0 radical (unpaired) electrons. The quantitative estimate of drug-likeness (QED) is 0.304. The Morgan fingerprint density at radius 3 is 2.37 bits per heavy atom. The minimum atomic E-state index is -0.831. The third-order valence-corrected chi connectivity index (χ3v) is 13.8. The van der Waals surface area contributed by atoms with Crippen LogP contribution in [0.2, 0.25) is 0 Å². The molecule has 4 nitrogen and oxygen atoms in total. The molecule has 0 aromatic heterocycles. The molecule has 5 aliphatic carbocycles. The number of methoxy groups -OCH3 is 1. The van der Waals surface area contributed by atoms with E-state index in [4.69, 9.17) is 9.47 Å². The Morgan fingerprint density at radius 2 is 1.71 bits per heavy atom. The van der Waals surface area contributed by atoms with E-state index in [9.17, 15) is 9.90 Å². The maximum absolute atomic E-state index is 13.2. The molecule has 5 rings (SSSR count). The lowest BCUT2D eigenvalue weighted by Gasteiger charge is -2.71. The van der Waals surface area contributed by atoms with Gasteiger partial charge in [-0.2, -0.15) is 0 Å². The number of hydrogen-bond donors (Lipinski definition) is 1. The third kappa shape index (κ3) is 3.57. The fourth-order valence-electron chi connectivity index (χ4n) is 11.3. The fourth-order valence-corrected chi connectivity index (χ4v) is 11.3. The number of rotatable bonds is 4. The smallest absolute Gasteiger partial charge is 0.314 e. The largest absolute Gasteiger partial charge is 0.469 e. The highest BCUT2D eigenvalue weighted by Crippen LogP contribution is 2.75. The van der Waals surface area contributed by atoms with Crippen molar-refractivity contribution >= 4 is 5.97 Å². The van der Waals surface area contributed by atoms with Crippen molar-refractivity contribution in [1.29, 1.82) is 0 Å². The lowest BCUT2D eigenvalue weighted by molar-refractivity contribution is -0.221. The van der Waals surface area contributed by atoms with Crippen molar-refractivity contribution in [3.8, 4) is 0 Å². The van der Waals surface area contributed by atoms with Crippen LogP contribution in [0.1, 0.15) is 106 Å². The highest BCUT2D eigenvalue weighted by atomic mass is 16.5. The summed E-state index contributed by atoms with van der Waals surface area (Å²) < 4.78 is 11.8. The van der Waals surface area contributed by atoms with Crippen LogP contribution < -0.4 is 0 Å². The van der Waals surface area contributed by atoms with Gasteiger partial charge in [0, 0.05) is 5.41 Å². The molecule has 5 aliphatic rings. The molecule has 0 spiro atoms. The molecule has 0 aromatic rings. The molecule has 0 aliphatic heterocycles. The van der Waals surface area contributed by atoms with Crippen LogP contribution in [-0.4, -0.2) is 37.0 Å². The SMILES string of the molecule is C=CCO[C@@H]1CC(C)(C)C[C@H]2C3=CCC4[C@@]5(C)CC[C@H](O)[C@](C)(C(=O)OC)C5CC[C@@]4(C)[C@]3(C)CC[C@@]12C. The Labute approximate surface area is 232 Å². The first kappa shape index (κ1) is 28.4. The normalized spacial score (nSPS) is 51.4. The van der Waals surface area contributed by atoms with E-state index in [0.29, 0.717) is 24.9 Å². The van der Waals surface area contributed by atoms with Crippen molar-refractivity contribution < 1.29 is 19.4 Å². The number of aliphatic hydroxyl groups excluding tert-OH is 1. The summed E-state index contributed by atoms with van der Waals surface area (Å²) >= 11 is 0. The molecule has 2 unspecified atom stereocenters. The number of esters is 1. The number of aliphatic hydroxyl groups is 1. The van der Waals surface area contributed by atoms with Gasteiger partial charge >= 0.3 is 5.97 Å². The topological polar surface area (TPSA) is 55.8 Å². The number of allylic oxidation sites excluding steroid dienone is 2. The average molecular weight is 527 g/mol. The van der Waals surface area contributed by atoms with Gasteiger partial charge in [0.1, 0.15) is 0 Å². The summed E-state index contributed by atoms with van der Waals surface area (Å²) in [5, 5.41) is 11.1. The van der Waals surface area contributed by atoms with Gasteiger partial charge in [-0.15, -0.1) is 6.58 Å². The first-order valence-corrected chi connectivity index (χ1v) is 15.3. The first-order valence-electron chi connectivity index (χ1n) is 15.3. The summed E-state index contributed by atoms with van der Waals surface area (Å²) in [4.78, 5) is 13.2. The first-order chi connectivity index (χ1) is 17.6. The average Bonchev–Trinajstić information content (AvgIpc) is 2.86. The molecular weight excluding hydrogens is 472 g/mol. The van der Waals surface area contributed by atoms with Gasteiger partial charge in [0.05, 0.1) is 31.3 Å². The maximum Gasteiger partial charge on any atom is 0.314 e. The van der Waals surface area contributed by atoms with Crippen molar-refractivity contribution in [3.63, 3.8) is 0 Å². The van der Waals surface area contributed by atoms with Crippen LogP contribution >= 0.6 is 0 Å². The number of hydrogen-bond acceptors (Lipinski definition) is 4. The predicted molar refractivity (Wildman–Crippen MR) is 152 cm³/mol. The molecule has 0 amide bonds. The van der Waals surface area contributed by atoms with E-state index in [-0.39, 0.29) is 45.1 Å². The summed E-state index contributed by atoms with van der Waals surface area (Å²) in [5.74, 6) is 0.942. The van der Waals surface area contributed by atoms with Gasteiger partial charge in [-0.05, 0) is 104 Å². The van der Waals surface area contributed by atoms with Crippen LogP contribution in [0.25, 0.3) is 0 Å². The van der Waals surface area contributed by atoms with E-state index in [1.54, 1.807) is 5.57 Å². The summed E-state index contributed by atoms with van der Waals surface area (Å²) in [6.45, 7) is 21.6. The summed E-state index contributed by atoms with van der Waals surface area (Å²) in [5.41, 5.74) is 1.60. The van der Waals surface area contributed by atoms with Crippen LogP contribution in [0, 0.1) is 50.2 Å². The summed E-state index contributed by atoms with van der Waals surface area (Å²) in [7, 11) is 1.48. The third-order valence-electron chi connectivity index (χ3n) is 13.8. The molecule has 0 bridgehead atoms. The van der Waals surface area contributed by atoms with E-state index in [1.165, 1.54) is 26.4 Å². The van der Waals surface area contributed by atoms with Crippen LogP contribution in [0.4, 0.5) is 0 Å². The molecule has 4 heteroatoms. The van der Waals surface area contributed by atoms with Crippen molar-refractivity contribution in [2.75, 3.05) is 13.7 Å². The van der Waals surface area contributed by atoms with Gasteiger partial charge in [-0.25, -0.2) is 0 Å². The molecule has 0 heterocycles. The van der Waals surface area contributed by atoms with Gasteiger partial charge in [0.2, 0.25) is 0 Å². The standard InChI is InChI=1S/C34H54O4/c1-10-19-38-27-21-29(2,3)20-23-22-11-12-24-31(5)15-14-26(35)34(8,28(36)37-9)25(31)13-16-33(24,7)32(22,6)18-17-30(23,27)4/h10-11,23-27,35H,1,12-21H2,2-9H3/t23-,24?,25?,26-,27+,30+,31+,32+,33+,34+/m0/s1. The lowest BCUT2D eigenvalue weighted by atomic mass is 9.33. The summed E-state index contributed by atoms with van der Waals surface area (Å²) in [6, 6.07) is 0. The second-order valence-electron chi connectivity index (χ2n) is 15.9. The van der Waals surface area contributed by atoms with E-state index >= 15 is 0 Å². The van der Waals surface area contributed by atoms with Crippen LogP contribution in [0.15, 0.2) is 24.3 Å². The Kier molecular flexibility index (Phi) is 6.68. The Balaban J connectivity index is 1.56. The highest BCUT2D eigenvalue weighted by molar-refractivity contribution is 5.78. The molecule has 4 saturated carbocycles. The van der Waals surface area contributed by atoms with Crippen molar-refractivity contribution in [3.05, 3.63) is 24.3 Å². The van der Waals surface area contributed by atoms with Gasteiger partial charge in [0.25, 0.3) is 0 Å². The molecular formula is C34H54O4. The minimum absolute atomic E-state index is 0.00238. The van der Waals surface area contributed by atoms with E-state index < -0.39 is 11.5 Å². The monoisotopic (exact) mass is 526 g/mol. The van der Waals surface area contributed by atoms with E-state index in [0.717, 1.165) is 32.1 Å².